The van der Waals surface area contributed by atoms with Gasteiger partial charge in [-0.15, -0.1) is 0 Å². The van der Waals surface area contributed by atoms with Crippen LogP contribution in [0.5, 0.6) is 0 Å². The van der Waals surface area contributed by atoms with Gasteiger partial charge < -0.3 is 10.7 Å². The number of rotatable bonds is 2. The number of imidazole rings is 1. The van der Waals surface area contributed by atoms with Gasteiger partial charge in [-0.2, -0.15) is 13.2 Å². The summed E-state index contributed by atoms with van der Waals surface area (Å²) in [5.41, 5.74) is 8.84. The molecule has 2 aromatic rings. The van der Waals surface area contributed by atoms with E-state index in [-0.39, 0.29) is 0 Å². The van der Waals surface area contributed by atoms with E-state index in [2.05, 4.69) is 9.97 Å². The van der Waals surface area contributed by atoms with E-state index in [1.54, 1.807) is 19.1 Å². The molecule has 0 unspecified atom stereocenters. The summed E-state index contributed by atoms with van der Waals surface area (Å²) in [4.78, 5) is 5.90. The first-order valence-corrected chi connectivity index (χ1v) is 5.76. The zero-order valence-electron chi connectivity index (χ0n) is 10.6. The lowest BCUT2D eigenvalue weighted by molar-refractivity contribution is -0.144. The van der Waals surface area contributed by atoms with E-state index < -0.39 is 12.0 Å². The zero-order chi connectivity index (χ0) is 14.2. The highest BCUT2D eigenvalue weighted by Gasteiger charge is 2.35. The topological polar surface area (TPSA) is 54.7 Å². The molecule has 0 aliphatic heterocycles. The van der Waals surface area contributed by atoms with Crippen LogP contribution in [0.1, 0.15) is 22.6 Å². The second-order valence-corrected chi connectivity index (χ2v) is 4.40. The van der Waals surface area contributed by atoms with Gasteiger partial charge in [0.15, 0.2) is 0 Å². The van der Waals surface area contributed by atoms with E-state index in [4.69, 9.17) is 5.73 Å². The molecule has 1 heterocycles. The summed E-state index contributed by atoms with van der Waals surface area (Å²) in [7, 11) is 0. The van der Waals surface area contributed by atoms with Crippen LogP contribution in [0.2, 0.25) is 0 Å². The Hall–Kier alpha value is -1.82. The third-order valence-corrected chi connectivity index (χ3v) is 3.00. The average Bonchev–Trinajstić information content (AvgIpc) is 2.72. The Kier molecular flexibility index (Phi) is 3.36. The van der Waals surface area contributed by atoms with E-state index >= 15 is 0 Å². The normalized spacial score (nSPS) is 11.9. The SMILES string of the molecule is Cc1ccc(-c2nc(C(F)(F)F)[nH]c2C)cc1CN. The van der Waals surface area contributed by atoms with Crippen LogP contribution in [0.3, 0.4) is 0 Å². The van der Waals surface area contributed by atoms with Crippen molar-refractivity contribution in [3.63, 3.8) is 0 Å². The number of nitrogens with two attached hydrogens (primary N) is 1. The lowest BCUT2D eigenvalue weighted by Crippen LogP contribution is -2.07. The molecule has 0 spiro atoms. The molecule has 0 saturated heterocycles. The Labute approximate surface area is 108 Å². The Balaban J connectivity index is 2.50. The maximum atomic E-state index is 12.6. The molecular weight excluding hydrogens is 255 g/mol. The first-order valence-electron chi connectivity index (χ1n) is 5.76. The van der Waals surface area contributed by atoms with E-state index in [9.17, 15) is 13.2 Å². The van der Waals surface area contributed by atoms with Gasteiger partial charge in [0, 0.05) is 17.8 Å². The van der Waals surface area contributed by atoms with Gasteiger partial charge in [-0.05, 0) is 31.0 Å². The molecule has 0 fully saturated rings. The number of benzene rings is 1. The molecule has 0 bridgehead atoms. The van der Waals surface area contributed by atoms with Gasteiger partial charge in [0.2, 0.25) is 5.82 Å². The molecule has 0 atom stereocenters. The number of aromatic amines is 1. The Morgan fingerprint density at radius 1 is 1.26 bits per heavy atom. The molecule has 0 saturated carbocycles. The predicted molar refractivity (Wildman–Crippen MR) is 66.4 cm³/mol. The van der Waals surface area contributed by atoms with Crippen LogP contribution < -0.4 is 5.73 Å². The Morgan fingerprint density at radius 3 is 2.47 bits per heavy atom. The van der Waals surface area contributed by atoms with Crippen LogP contribution in [0.15, 0.2) is 18.2 Å². The molecule has 3 N–H and O–H groups in total. The van der Waals surface area contributed by atoms with Gasteiger partial charge in [0.25, 0.3) is 0 Å². The van der Waals surface area contributed by atoms with Gasteiger partial charge in [-0.25, -0.2) is 4.98 Å². The fourth-order valence-corrected chi connectivity index (χ4v) is 1.91. The minimum atomic E-state index is -4.47. The molecule has 0 radical (unpaired) electrons. The van der Waals surface area contributed by atoms with Crippen molar-refractivity contribution in [3.05, 3.63) is 40.8 Å². The summed E-state index contributed by atoms with van der Waals surface area (Å²) in [5.74, 6) is -0.977. The van der Waals surface area contributed by atoms with Gasteiger partial charge in [0.05, 0.1) is 5.69 Å². The maximum absolute atomic E-state index is 12.6. The number of alkyl halides is 3. The lowest BCUT2D eigenvalue weighted by atomic mass is 10.0. The number of halogens is 3. The smallest absolute Gasteiger partial charge is 0.338 e. The first-order chi connectivity index (χ1) is 8.82. The number of nitrogens with one attached hydrogen (secondary N) is 1. The van der Waals surface area contributed by atoms with E-state index in [1.165, 1.54) is 0 Å². The summed E-state index contributed by atoms with van der Waals surface area (Å²) >= 11 is 0. The number of hydrogen-bond acceptors (Lipinski definition) is 2. The molecule has 1 aromatic heterocycles. The van der Waals surface area contributed by atoms with Crippen LogP contribution in [-0.4, -0.2) is 9.97 Å². The Morgan fingerprint density at radius 2 is 1.95 bits per heavy atom. The molecule has 102 valence electrons. The molecule has 0 amide bonds. The highest BCUT2D eigenvalue weighted by molar-refractivity contribution is 5.63. The zero-order valence-corrected chi connectivity index (χ0v) is 10.6. The molecule has 0 aliphatic rings. The molecule has 3 nitrogen and oxygen atoms in total. The van der Waals surface area contributed by atoms with Crippen molar-refractivity contribution < 1.29 is 13.2 Å². The minimum absolute atomic E-state index is 0.307. The third-order valence-electron chi connectivity index (χ3n) is 3.00. The maximum Gasteiger partial charge on any atom is 0.449 e. The lowest BCUT2D eigenvalue weighted by Gasteiger charge is -2.06. The summed E-state index contributed by atoms with van der Waals surface area (Å²) < 4.78 is 37.8. The molecule has 0 aliphatic carbocycles. The number of hydrogen-bond donors (Lipinski definition) is 2. The van der Waals surface area contributed by atoms with Crippen LogP contribution in [0.4, 0.5) is 13.2 Å². The van der Waals surface area contributed by atoms with Gasteiger partial charge >= 0.3 is 6.18 Å². The fourth-order valence-electron chi connectivity index (χ4n) is 1.91. The van der Waals surface area contributed by atoms with Gasteiger partial charge in [0.1, 0.15) is 0 Å². The van der Waals surface area contributed by atoms with Crippen molar-refractivity contribution in [2.24, 2.45) is 5.73 Å². The fraction of sp³-hybridized carbons (Fsp3) is 0.308. The molecule has 2 rings (SSSR count). The van der Waals surface area contributed by atoms with Crippen molar-refractivity contribution in [1.29, 1.82) is 0 Å². The van der Waals surface area contributed by atoms with Gasteiger partial charge in [-0.3, -0.25) is 0 Å². The van der Waals surface area contributed by atoms with Crippen molar-refractivity contribution in [1.82, 2.24) is 9.97 Å². The highest BCUT2D eigenvalue weighted by Crippen LogP contribution is 2.31. The highest BCUT2D eigenvalue weighted by atomic mass is 19.4. The van der Waals surface area contributed by atoms with Crippen molar-refractivity contribution in [3.8, 4) is 11.3 Å². The van der Waals surface area contributed by atoms with Gasteiger partial charge in [-0.1, -0.05) is 12.1 Å². The summed E-state index contributed by atoms with van der Waals surface area (Å²) in [5, 5.41) is 0. The molecule has 6 heteroatoms. The summed E-state index contributed by atoms with van der Waals surface area (Å²) in [6.45, 7) is 3.82. The third kappa shape index (κ3) is 2.63. The van der Waals surface area contributed by atoms with Crippen molar-refractivity contribution in [2.75, 3.05) is 0 Å². The first kappa shape index (κ1) is 13.6. The average molecular weight is 269 g/mol. The second kappa shape index (κ2) is 4.70. The minimum Gasteiger partial charge on any atom is -0.338 e. The number of aryl methyl sites for hydroxylation is 2. The van der Waals surface area contributed by atoms with Crippen LogP contribution in [0, 0.1) is 13.8 Å². The predicted octanol–water partition coefficient (Wildman–Crippen LogP) is 3.17. The van der Waals surface area contributed by atoms with Crippen molar-refractivity contribution in [2.45, 2.75) is 26.6 Å². The standard InChI is InChI=1S/C13H14F3N3/c1-7-3-4-9(5-10(7)6-17)11-8(2)18-12(19-11)13(14,15)16/h3-5H,6,17H2,1-2H3,(H,18,19). The molecule has 1 aromatic carbocycles. The van der Waals surface area contributed by atoms with Crippen molar-refractivity contribution >= 4 is 0 Å². The van der Waals surface area contributed by atoms with E-state index in [1.807, 2.05) is 13.0 Å². The van der Waals surface area contributed by atoms with Crippen LogP contribution in [0.25, 0.3) is 11.3 Å². The number of nitrogens with zero attached hydrogens (tertiary/aromatic N) is 1. The quantitative estimate of drug-likeness (QED) is 0.879. The molecule has 19 heavy (non-hydrogen) atoms. The Bertz CT molecular complexity index is 600. The largest absolute Gasteiger partial charge is 0.449 e. The van der Waals surface area contributed by atoms with E-state index in [0.29, 0.717) is 23.5 Å². The summed E-state index contributed by atoms with van der Waals surface area (Å²) in [6.07, 6.45) is -4.47. The number of H-pyrrole nitrogens is 1. The molecular formula is C13H14F3N3. The summed E-state index contributed by atoms with van der Waals surface area (Å²) in [6, 6.07) is 5.36. The number of aromatic nitrogens is 2. The van der Waals surface area contributed by atoms with Crippen LogP contribution >= 0.6 is 0 Å². The van der Waals surface area contributed by atoms with E-state index in [0.717, 1.165) is 11.1 Å². The second-order valence-electron chi connectivity index (χ2n) is 4.40. The van der Waals surface area contributed by atoms with Crippen LogP contribution in [-0.2, 0) is 12.7 Å². The monoisotopic (exact) mass is 269 g/mol.